The summed E-state index contributed by atoms with van der Waals surface area (Å²) in [6.45, 7) is 4.99. The summed E-state index contributed by atoms with van der Waals surface area (Å²) in [6, 6.07) is -0.540. The number of carbonyl (C=O) groups excluding carboxylic acids is 2. The molecule has 1 amide bonds. The minimum Gasteiger partial charge on any atom is -0.466 e. The zero-order chi connectivity index (χ0) is 61.3. The number of ether oxygens (including phenoxy) is 1. The van der Waals surface area contributed by atoms with Crippen LogP contribution in [-0.2, 0) is 14.3 Å². The molecule has 0 aliphatic heterocycles. The summed E-state index contributed by atoms with van der Waals surface area (Å²) in [5, 5.41) is 23.4. The predicted molar refractivity (Wildman–Crippen MR) is 375 cm³/mol. The van der Waals surface area contributed by atoms with Crippen LogP contribution in [0.3, 0.4) is 0 Å². The lowest BCUT2D eigenvalue weighted by Crippen LogP contribution is -2.45. The van der Waals surface area contributed by atoms with E-state index in [0.717, 1.165) is 51.4 Å². The molecular weight excluding hydrogens is 1040 g/mol. The fourth-order valence-corrected chi connectivity index (χ4v) is 12.3. The van der Waals surface area contributed by atoms with Crippen molar-refractivity contribution in [3.05, 3.63) is 36.5 Å². The number of rotatable bonds is 73. The molecule has 6 heteroatoms. The van der Waals surface area contributed by atoms with Gasteiger partial charge in [0.1, 0.15) is 0 Å². The molecule has 0 aliphatic carbocycles. The summed E-state index contributed by atoms with van der Waals surface area (Å²) in [5.41, 5.74) is 0. The van der Waals surface area contributed by atoms with Crippen LogP contribution in [-0.4, -0.2) is 47.4 Å². The van der Waals surface area contributed by atoms with Crippen LogP contribution in [0.4, 0.5) is 0 Å². The van der Waals surface area contributed by atoms with Gasteiger partial charge in [-0.25, -0.2) is 0 Å². The number of carbonyl (C=O) groups is 2. The van der Waals surface area contributed by atoms with Gasteiger partial charge in [0.25, 0.3) is 0 Å². The van der Waals surface area contributed by atoms with E-state index in [1.165, 1.54) is 347 Å². The number of unbranched alkanes of at least 4 members (excludes halogenated alkanes) is 56. The SMILES string of the molecule is CCCCCCCCC/C=C\CCCCCCCCCC(=O)OCCCCCCCCCCCCC/C=C\C/C=C\CCCCCCCCCCCCCCCCCCCC(=O)NC(CO)C(O)CCCCCCCCCCCCCCCCC. The molecule has 85 heavy (non-hydrogen) atoms. The molecule has 0 heterocycles. The Kier molecular flexibility index (Phi) is 72.9. The van der Waals surface area contributed by atoms with Gasteiger partial charge in [0.15, 0.2) is 0 Å². The summed E-state index contributed by atoms with van der Waals surface area (Å²) in [5.74, 6) is -0.0151. The second kappa shape index (κ2) is 74.5. The van der Waals surface area contributed by atoms with Gasteiger partial charge in [-0.05, 0) is 83.5 Å². The fraction of sp³-hybridized carbons (Fsp3) is 0.899. The molecule has 0 aromatic rings. The molecule has 0 spiro atoms. The van der Waals surface area contributed by atoms with E-state index >= 15 is 0 Å². The topological polar surface area (TPSA) is 95.9 Å². The van der Waals surface area contributed by atoms with Gasteiger partial charge in [-0.15, -0.1) is 0 Å². The van der Waals surface area contributed by atoms with E-state index < -0.39 is 12.1 Å². The highest BCUT2D eigenvalue weighted by molar-refractivity contribution is 5.76. The Morgan fingerprint density at radius 1 is 0.329 bits per heavy atom. The first kappa shape index (κ1) is 83.1. The zero-order valence-corrected chi connectivity index (χ0v) is 57.6. The summed E-state index contributed by atoms with van der Waals surface area (Å²) in [7, 11) is 0. The molecule has 0 saturated carbocycles. The molecule has 3 N–H and O–H groups in total. The molecule has 502 valence electrons. The lowest BCUT2D eigenvalue weighted by atomic mass is 10.0. The average Bonchev–Trinajstić information content (AvgIpc) is 3.52. The Hall–Kier alpha value is -1.92. The number of hydrogen-bond acceptors (Lipinski definition) is 5. The van der Waals surface area contributed by atoms with E-state index in [9.17, 15) is 19.8 Å². The molecule has 0 fully saturated rings. The minimum absolute atomic E-state index is 0.0145. The van der Waals surface area contributed by atoms with Gasteiger partial charge < -0.3 is 20.3 Å². The van der Waals surface area contributed by atoms with Crippen molar-refractivity contribution in [2.24, 2.45) is 0 Å². The maximum absolute atomic E-state index is 12.5. The van der Waals surface area contributed by atoms with Crippen LogP contribution in [0.15, 0.2) is 36.5 Å². The van der Waals surface area contributed by atoms with Gasteiger partial charge in [0, 0.05) is 12.8 Å². The molecule has 2 atom stereocenters. The predicted octanol–water partition coefficient (Wildman–Crippen LogP) is 25.4. The molecule has 0 aliphatic rings. The maximum Gasteiger partial charge on any atom is 0.305 e. The van der Waals surface area contributed by atoms with Crippen LogP contribution in [0.5, 0.6) is 0 Å². The number of aliphatic hydroxyl groups is 2. The Labute approximate surface area is 532 Å². The number of esters is 1. The van der Waals surface area contributed by atoms with Gasteiger partial charge in [-0.2, -0.15) is 0 Å². The summed E-state index contributed by atoms with van der Waals surface area (Å²) in [6.07, 6.45) is 96.6. The van der Waals surface area contributed by atoms with Crippen molar-refractivity contribution in [2.45, 2.75) is 443 Å². The van der Waals surface area contributed by atoms with Crippen molar-refractivity contribution in [1.29, 1.82) is 0 Å². The largest absolute Gasteiger partial charge is 0.466 e. The van der Waals surface area contributed by atoms with E-state index in [2.05, 4.69) is 55.6 Å². The summed E-state index contributed by atoms with van der Waals surface area (Å²) in [4.78, 5) is 24.6. The molecule has 0 aromatic heterocycles. The maximum atomic E-state index is 12.5. The normalized spacial score (nSPS) is 12.7. The number of amides is 1. The Morgan fingerprint density at radius 3 is 0.906 bits per heavy atom. The molecule has 0 rings (SSSR count). The minimum atomic E-state index is -0.663. The van der Waals surface area contributed by atoms with Crippen molar-refractivity contribution in [2.75, 3.05) is 13.2 Å². The van der Waals surface area contributed by atoms with Crippen molar-refractivity contribution < 1.29 is 24.5 Å². The van der Waals surface area contributed by atoms with Crippen LogP contribution in [0, 0.1) is 0 Å². The van der Waals surface area contributed by atoms with Crippen molar-refractivity contribution >= 4 is 11.9 Å². The van der Waals surface area contributed by atoms with Gasteiger partial charge in [-0.3, -0.25) is 9.59 Å². The van der Waals surface area contributed by atoms with E-state index in [0.29, 0.717) is 25.9 Å². The van der Waals surface area contributed by atoms with Crippen LogP contribution in [0.1, 0.15) is 431 Å². The molecule has 0 aromatic carbocycles. The third-order valence-electron chi connectivity index (χ3n) is 18.2. The van der Waals surface area contributed by atoms with Crippen LogP contribution in [0.25, 0.3) is 0 Å². The molecular formula is C79H151NO5. The molecule has 0 bridgehead atoms. The lowest BCUT2D eigenvalue weighted by Gasteiger charge is -2.22. The smallest absolute Gasteiger partial charge is 0.305 e. The van der Waals surface area contributed by atoms with Crippen molar-refractivity contribution in [1.82, 2.24) is 5.32 Å². The second-order valence-corrected chi connectivity index (χ2v) is 26.7. The Balaban J connectivity index is 3.35. The first-order valence-corrected chi connectivity index (χ1v) is 38.7. The van der Waals surface area contributed by atoms with E-state index in [-0.39, 0.29) is 18.5 Å². The summed E-state index contributed by atoms with van der Waals surface area (Å²) < 4.78 is 5.51. The highest BCUT2D eigenvalue weighted by Crippen LogP contribution is 2.19. The lowest BCUT2D eigenvalue weighted by molar-refractivity contribution is -0.143. The second-order valence-electron chi connectivity index (χ2n) is 26.7. The Bertz CT molecular complexity index is 1380. The monoisotopic (exact) mass is 1190 g/mol. The van der Waals surface area contributed by atoms with E-state index in [4.69, 9.17) is 4.74 Å². The van der Waals surface area contributed by atoms with Gasteiger partial charge >= 0.3 is 5.97 Å². The molecule has 0 radical (unpaired) electrons. The number of allylic oxidation sites excluding steroid dienone is 6. The van der Waals surface area contributed by atoms with Crippen LogP contribution < -0.4 is 5.32 Å². The molecule has 6 nitrogen and oxygen atoms in total. The number of aliphatic hydroxyl groups excluding tert-OH is 2. The number of nitrogens with one attached hydrogen (secondary N) is 1. The van der Waals surface area contributed by atoms with E-state index in [1.54, 1.807) is 0 Å². The third-order valence-corrected chi connectivity index (χ3v) is 18.2. The van der Waals surface area contributed by atoms with Crippen molar-refractivity contribution in [3.8, 4) is 0 Å². The fourth-order valence-electron chi connectivity index (χ4n) is 12.3. The highest BCUT2D eigenvalue weighted by Gasteiger charge is 2.20. The third kappa shape index (κ3) is 71.0. The first-order chi connectivity index (χ1) is 42.0. The zero-order valence-electron chi connectivity index (χ0n) is 57.6. The molecule has 2 unspecified atom stereocenters. The van der Waals surface area contributed by atoms with Gasteiger partial charge in [0.05, 0.1) is 25.4 Å². The first-order valence-electron chi connectivity index (χ1n) is 38.7. The van der Waals surface area contributed by atoms with E-state index in [1.807, 2.05) is 0 Å². The average molecular weight is 1200 g/mol. The summed E-state index contributed by atoms with van der Waals surface area (Å²) >= 11 is 0. The molecule has 0 saturated heterocycles. The van der Waals surface area contributed by atoms with Gasteiger partial charge in [-0.1, -0.05) is 371 Å². The van der Waals surface area contributed by atoms with Crippen LogP contribution >= 0.6 is 0 Å². The van der Waals surface area contributed by atoms with Gasteiger partial charge in [0.2, 0.25) is 5.91 Å². The Morgan fingerprint density at radius 2 is 0.588 bits per heavy atom. The van der Waals surface area contributed by atoms with Crippen molar-refractivity contribution in [3.63, 3.8) is 0 Å². The number of hydrogen-bond donors (Lipinski definition) is 3. The highest BCUT2D eigenvalue weighted by atomic mass is 16.5. The standard InChI is InChI=1S/C79H151NO5/c1-3-5-7-9-11-13-15-17-19-20-41-45-49-53-57-61-65-69-73-79(84)85-74-70-66-62-58-54-50-46-42-39-37-35-33-31-29-27-25-23-21-22-24-26-28-30-32-34-36-38-40-44-48-52-56-60-64-68-72-78(83)80-76(75-81)77(82)71-67-63-59-55-51-47-43-18-16-14-12-10-8-6-4-2/h19-20,23,25,29,31,76-77,81-82H,3-18,21-22,24,26-28,30,32-75H2,1-2H3,(H,80,83)/b20-19-,25-23-,31-29-. The van der Waals surface area contributed by atoms with Crippen LogP contribution in [0.2, 0.25) is 0 Å². The quantitative estimate of drug-likeness (QED) is 0.0320.